The fourth-order valence-corrected chi connectivity index (χ4v) is 3.43. The van der Waals surface area contributed by atoms with Crippen molar-refractivity contribution in [2.45, 2.75) is 20.4 Å². The Hall–Kier alpha value is -2.93. The molecule has 7 heteroatoms. The molecule has 6 nitrogen and oxygen atoms in total. The summed E-state index contributed by atoms with van der Waals surface area (Å²) >= 11 is 3.42. The number of hydrogen-bond donors (Lipinski definition) is 1. The van der Waals surface area contributed by atoms with Crippen molar-refractivity contribution >= 4 is 32.9 Å². The van der Waals surface area contributed by atoms with Crippen LogP contribution in [0.25, 0.3) is 22.4 Å². The van der Waals surface area contributed by atoms with Gasteiger partial charge in [-0.2, -0.15) is 5.10 Å². The predicted molar refractivity (Wildman–Crippen MR) is 111 cm³/mol. The quantitative estimate of drug-likeness (QED) is 0.507. The van der Waals surface area contributed by atoms with Crippen molar-refractivity contribution in [3.05, 3.63) is 69.6 Å². The van der Waals surface area contributed by atoms with E-state index in [1.54, 1.807) is 4.68 Å². The molecule has 1 N–H and O–H groups in total. The maximum atomic E-state index is 12.7. The molecule has 0 fully saturated rings. The van der Waals surface area contributed by atoms with E-state index in [9.17, 15) is 4.79 Å². The third-order valence-electron chi connectivity index (χ3n) is 4.65. The number of aryl methyl sites for hydroxylation is 3. The minimum Gasteiger partial charge on any atom is -0.459 e. The van der Waals surface area contributed by atoms with E-state index in [1.165, 1.54) is 0 Å². The lowest BCUT2D eigenvalue weighted by molar-refractivity contribution is 0.0947. The lowest BCUT2D eigenvalue weighted by Gasteiger charge is -2.07. The number of carbonyl (C=O) groups excluding carboxylic acids is 1. The number of rotatable bonds is 4. The van der Waals surface area contributed by atoms with Crippen LogP contribution in [0.5, 0.6) is 0 Å². The summed E-state index contributed by atoms with van der Waals surface area (Å²) in [6.07, 6.45) is 0. The highest BCUT2D eigenvalue weighted by molar-refractivity contribution is 9.10. The summed E-state index contributed by atoms with van der Waals surface area (Å²) in [6.45, 7) is 4.04. The first-order valence-corrected chi connectivity index (χ1v) is 9.65. The number of hydrogen-bond acceptors (Lipinski definition) is 4. The van der Waals surface area contributed by atoms with Gasteiger partial charge in [0.25, 0.3) is 5.91 Å². The Morgan fingerprint density at radius 3 is 2.64 bits per heavy atom. The van der Waals surface area contributed by atoms with Gasteiger partial charge in [0, 0.05) is 22.5 Å². The number of pyridine rings is 1. The van der Waals surface area contributed by atoms with Gasteiger partial charge in [0.15, 0.2) is 5.65 Å². The summed E-state index contributed by atoms with van der Waals surface area (Å²) in [5, 5.41) is 8.16. The minimum atomic E-state index is -0.184. The van der Waals surface area contributed by atoms with E-state index in [4.69, 9.17) is 4.42 Å². The van der Waals surface area contributed by atoms with Crippen LogP contribution in [0.1, 0.15) is 27.5 Å². The molecule has 0 saturated carbocycles. The summed E-state index contributed by atoms with van der Waals surface area (Å²) < 4.78 is 8.60. The first-order chi connectivity index (χ1) is 13.4. The molecular weight excluding hydrogens is 420 g/mol. The van der Waals surface area contributed by atoms with Crippen molar-refractivity contribution in [2.75, 3.05) is 0 Å². The van der Waals surface area contributed by atoms with Gasteiger partial charge >= 0.3 is 0 Å². The van der Waals surface area contributed by atoms with Crippen LogP contribution in [0, 0.1) is 13.8 Å². The topological polar surface area (TPSA) is 73.0 Å². The van der Waals surface area contributed by atoms with Crippen molar-refractivity contribution < 1.29 is 9.21 Å². The predicted octanol–water partition coefficient (Wildman–Crippen LogP) is 4.54. The first kappa shape index (κ1) is 18.4. The van der Waals surface area contributed by atoms with Crippen molar-refractivity contribution in [2.24, 2.45) is 7.05 Å². The van der Waals surface area contributed by atoms with E-state index in [-0.39, 0.29) is 5.91 Å². The smallest absolute Gasteiger partial charge is 0.253 e. The Morgan fingerprint density at radius 1 is 1.14 bits per heavy atom. The summed E-state index contributed by atoms with van der Waals surface area (Å²) in [5.41, 5.74) is 3.82. The van der Waals surface area contributed by atoms with Gasteiger partial charge in [-0.05, 0) is 44.2 Å². The number of aromatic nitrogens is 3. The van der Waals surface area contributed by atoms with Gasteiger partial charge in [-0.25, -0.2) is 4.98 Å². The SMILES string of the molecule is Cc1nc2c(cc1C(=O)NCc1ccc(-c3ccc(Br)cc3)o1)c(C)nn2C. The molecule has 142 valence electrons. The molecule has 0 atom stereocenters. The molecule has 4 aromatic rings. The van der Waals surface area contributed by atoms with Crippen molar-refractivity contribution in [1.82, 2.24) is 20.1 Å². The highest BCUT2D eigenvalue weighted by Crippen LogP contribution is 2.24. The van der Waals surface area contributed by atoms with Crippen LogP contribution in [-0.2, 0) is 13.6 Å². The van der Waals surface area contributed by atoms with Gasteiger partial charge in [0.1, 0.15) is 11.5 Å². The second-order valence-corrected chi connectivity index (χ2v) is 7.57. The normalized spacial score (nSPS) is 11.1. The van der Waals surface area contributed by atoms with Crippen molar-refractivity contribution in [3.63, 3.8) is 0 Å². The first-order valence-electron chi connectivity index (χ1n) is 8.86. The molecular formula is C21H19BrN4O2. The van der Waals surface area contributed by atoms with Gasteiger partial charge in [-0.1, -0.05) is 28.1 Å². The lowest BCUT2D eigenvalue weighted by atomic mass is 10.1. The number of carbonyl (C=O) groups is 1. The second kappa shape index (κ2) is 7.24. The molecule has 1 amide bonds. The zero-order chi connectivity index (χ0) is 19.8. The fraction of sp³-hybridized carbons (Fsp3) is 0.190. The van der Waals surface area contributed by atoms with Crippen LogP contribution < -0.4 is 5.32 Å². The van der Waals surface area contributed by atoms with E-state index < -0.39 is 0 Å². The number of furan rings is 1. The van der Waals surface area contributed by atoms with Crippen LogP contribution in [-0.4, -0.2) is 20.7 Å². The average molecular weight is 439 g/mol. The molecule has 4 rings (SSSR count). The van der Waals surface area contributed by atoms with Gasteiger partial charge < -0.3 is 9.73 Å². The molecule has 0 spiro atoms. The van der Waals surface area contributed by atoms with E-state index >= 15 is 0 Å². The standard InChI is InChI=1S/C21H19BrN4O2/c1-12-18(10-17-13(2)25-26(3)20(17)24-12)21(27)23-11-16-8-9-19(28-16)14-4-6-15(22)7-5-14/h4-10H,11H2,1-3H3,(H,23,27). The van der Waals surface area contributed by atoms with Crippen LogP contribution in [0.15, 0.2) is 51.4 Å². The summed E-state index contributed by atoms with van der Waals surface area (Å²) in [6, 6.07) is 13.5. The maximum Gasteiger partial charge on any atom is 0.253 e. The number of nitrogens with zero attached hydrogens (tertiary/aromatic N) is 3. The van der Waals surface area contributed by atoms with Crippen LogP contribution in [0.3, 0.4) is 0 Å². The lowest BCUT2D eigenvalue weighted by Crippen LogP contribution is -2.23. The Kier molecular flexibility index (Phi) is 4.77. The molecule has 3 heterocycles. The zero-order valence-electron chi connectivity index (χ0n) is 15.8. The van der Waals surface area contributed by atoms with Gasteiger partial charge in [-0.3, -0.25) is 9.48 Å². The summed E-state index contributed by atoms with van der Waals surface area (Å²) in [5.74, 6) is 1.27. The van der Waals surface area contributed by atoms with E-state index in [2.05, 4.69) is 31.3 Å². The number of nitrogens with one attached hydrogen (secondary N) is 1. The molecule has 1 aromatic carbocycles. The fourth-order valence-electron chi connectivity index (χ4n) is 3.17. The highest BCUT2D eigenvalue weighted by atomic mass is 79.9. The third-order valence-corrected chi connectivity index (χ3v) is 5.18. The molecule has 0 bridgehead atoms. The van der Waals surface area contributed by atoms with Crippen molar-refractivity contribution in [1.29, 1.82) is 0 Å². The monoisotopic (exact) mass is 438 g/mol. The van der Waals surface area contributed by atoms with E-state index in [0.717, 1.165) is 32.5 Å². The highest BCUT2D eigenvalue weighted by Gasteiger charge is 2.16. The summed E-state index contributed by atoms with van der Waals surface area (Å²) in [4.78, 5) is 17.2. The molecule has 0 saturated heterocycles. The molecule has 0 unspecified atom stereocenters. The molecule has 0 radical (unpaired) electrons. The van der Waals surface area contributed by atoms with Crippen LogP contribution >= 0.6 is 15.9 Å². The largest absolute Gasteiger partial charge is 0.459 e. The number of halogens is 1. The molecule has 28 heavy (non-hydrogen) atoms. The minimum absolute atomic E-state index is 0.184. The number of amides is 1. The van der Waals surface area contributed by atoms with Crippen LogP contribution in [0.2, 0.25) is 0 Å². The Balaban J connectivity index is 1.50. The Morgan fingerprint density at radius 2 is 1.89 bits per heavy atom. The van der Waals surface area contributed by atoms with E-state index in [0.29, 0.717) is 23.6 Å². The molecule has 0 aliphatic rings. The van der Waals surface area contributed by atoms with Crippen LogP contribution in [0.4, 0.5) is 0 Å². The van der Waals surface area contributed by atoms with Gasteiger partial charge in [0.05, 0.1) is 23.5 Å². The Labute approximate surface area is 170 Å². The maximum absolute atomic E-state index is 12.7. The molecule has 0 aliphatic heterocycles. The number of benzene rings is 1. The van der Waals surface area contributed by atoms with Gasteiger partial charge in [0.2, 0.25) is 0 Å². The molecule has 3 aromatic heterocycles. The molecule has 0 aliphatic carbocycles. The zero-order valence-corrected chi connectivity index (χ0v) is 17.4. The van der Waals surface area contributed by atoms with E-state index in [1.807, 2.05) is 63.4 Å². The Bertz CT molecular complexity index is 1180. The second-order valence-electron chi connectivity index (χ2n) is 6.66. The van der Waals surface area contributed by atoms with Gasteiger partial charge in [-0.15, -0.1) is 0 Å². The van der Waals surface area contributed by atoms with Crippen molar-refractivity contribution in [3.8, 4) is 11.3 Å². The average Bonchev–Trinajstić information content (AvgIpc) is 3.25. The third kappa shape index (κ3) is 3.45. The summed E-state index contributed by atoms with van der Waals surface area (Å²) in [7, 11) is 1.85. The number of fused-ring (bicyclic) bond motifs is 1.